The first-order valence-electron chi connectivity index (χ1n) is 5.69. The van der Waals surface area contributed by atoms with Gasteiger partial charge in [0.15, 0.2) is 0 Å². The highest BCUT2D eigenvalue weighted by atomic mass is 16.7. The zero-order valence-corrected chi connectivity index (χ0v) is 10.1. The van der Waals surface area contributed by atoms with E-state index in [-0.39, 0.29) is 6.29 Å². The van der Waals surface area contributed by atoms with Gasteiger partial charge in [0.1, 0.15) is 11.5 Å². The summed E-state index contributed by atoms with van der Waals surface area (Å²) in [5.41, 5.74) is 1.22. The first-order valence-corrected chi connectivity index (χ1v) is 5.69. The lowest BCUT2D eigenvalue weighted by Gasteiger charge is -2.16. The van der Waals surface area contributed by atoms with E-state index in [9.17, 15) is 0 Å². The second kappa shape index (κ2) is 5.39. The first-order chi connectivity index (χ1) is 8.24. The van der Waals surface area contributed by atoms with Crippen molar-refractivity contribution >= 4 is 0 Å². The van der Waals surface area contributed by atoms with Crippen LogP contribution in [0.3, 0.4) is 0 Å². The van der Waals surface area contributed by atoms with Crippen molar-refractivity contribution in [2.45, 2.75) is 20.1 Å². The van der Waals surface area contributed by atoms with Crippen LogP contribution in [0.2, 0.25) is 0 Å². The molecule has 0 N–H and O–H groups in total. The van der Waals surface area contributed by atoms with Crippen LogP contribution in [0.15, 0.2) is 54.6 Å². The van der Waals surface area contributed by atoms with Gasteiger partial charge in [0.2, 0.25) is 6.29 Å². The van der Waals surface area contributed by atoms with E-state index in [0.717, 1.165) is 11.5 Å². The molecule has 2 rings (SSSR count). The smallest absolute Gasteiger partial charge is 0.238 e. The molecule has 0 bridgehead atoms. The van der Waals surface area contributed by atoms with Gasteiger partial charge in [-0.15, -0.1) is 0 Å². The highest BCUT2D eigenvalue weighted by molar-refractivity contribution is 5.26. The van der Waals surface area contributed by atoms with E-state index in [1.54, 1.807) is 0 Å². The number of hydrogen-bond donors (Lipinski definition) is 0. The van der Waals surface area contributed by atoms with E-state index in [2.05, 4.69) is 0 Å². The molecular formula is C15H16O2. The Bertz CT molecular complexity index is 448. The summed E-state index contributed by atoms with van der Waals surface area (Å²) in [5, 5.41) is 0. The third kappa shape index (κ3) is 3.52. The van der Waals surface area contributed by atoms with Gasteiger partial charge in [-0.2, -0.15) is 0 Å². The Balaban J connectivity index is 1.93. The van der Waals surface area contributed by atoms with Crippen LogP contribution >= 0.6 is 0 Å². The van der Waals surface area contributed by atoms with Crippen molar-refractivity contribution in [1.82, 2.24) is 0 Å². The van der Waals surface area contributed by atoms with Crippen LogP contribution < -0.4 is 9.47 Å². The lowest BCUT2D eigenvalue weighted by Crippen LogP contribution is -2.19. The molecule has 0 heterocycles. The fraction of sp³-hybridized carbons (Fsp3) is 0.200. The van der Waals surface area contributed by atoms with Gasteiger partial charge in [0, 0.05) is 6.92 Å². The Kier molecular flexibility index (Phi) is 3.66. The van der Waals surface area contributed by atoms with Gasteiger partial charge >= 0.3 is 0 Å². The second-order valence-corrected chi connectivity index (χ2v) is 3.93. The number of para-hydroxylation sites is 1. The summed E-state index contributed by atoms with van der Waals surface area (Å²) in [7, 11) is 0. The summed E-state index contributed by atoms with van der Waals surface area (Å²) in [4.78, 5) is 0. The van der Waals surface area contributed by atoms with E-state index in [1.165, 1.54) is 5.56 Å². The predicted molar refractivity (Wildman–Crippen MR) is 68.3 cm³/mol. The van der Waals surface area contributed by atoms with Crippen molar-refractivity contribution in [3.05, 3.63) is 60.2 Å². The van der Waals surface area contributed by atoms with Crippen molar-refractivity contribution in [3.63, 3.8) is 0 Å². The van der Waals surface area contributed by atoms with Gasteiger partial charge in [-0.1, -0.05) is 35.9 Å². The first kappa shape index (κ1) is 11.5. The third-order valence-electron chi connectivity index (χ3n) is 2.37. The van der Waals surface area contributed by atoms with Gasteiger partial charge in [0.25, 0.3) is 0 Å². The molecule has 2 heteroatoms. The van der Waals surface area contributed by atoms with Crippen LogP contribution in [0.25, 0.3) is 0 Å². The number of rotatable bonds is 4. The zero-order valence-electron chi connectivity index (χ0n) is 10.1. The molecule has 0 aliphatic rings. The Morgan fingerprint density at radius 2 is 1.29 bits per heavy atom. The maximum absolute atomic E-state index is 5.65. The number of aryl methyl sites for hydroxylation is 1. The molecule has 0 aromatic heterocycles. The molecule has 0 saturated carbocycles. The topological polar surface area (TPSA) is 18.5 Å². The Morgan fingerprint density at radius 1 is 0.765 bits per heavy atom. The fourth-order valence-corrected chi connectivity index (χ4v) is 1.52. The van der Waals surface area contributed by atoms with E-state index in [4.69, 9.17) is 9.47 Å². The molecule has 17 heavy (non-hydrogen) atoms. The van der Waals surface area contributed by atoms with Crippen LogP contribution in [0, 0.1) is 6.92 Å². The van der Waals surface area contributed by atoms with E-state index in [1.807, 2.05) is 68.4 Å². The molecular weight excluding hydrogens is 212 g/mol. The number of ether oxygens (including phenoxy) is 2. The molecule has 88 valence electrons. The van der Waals surface area contributed by atoms with E-state index >= 15 is 0 Å². The largest absolute Gasteiger partial charge is 0.455 e. The quantitative estimate of drug-likeness (QED) is 0.741. The fourth-order valence-electron chi connectivity index (χ4n) is 1.52. The molecule has 0 amide bonds. The van der Waals surface area contributed by atoms with Crippen LogP contribution in [0.5, 0.6) is 11.5 Å². The molecule has 2 nitrogen and oxygen atoms in total. The summed E-state index contributed by atoms with van der Waals surface area (Å²) in [6.07, 6.45) is -0.305. The van der Waals surface area contributed by atoms with E-state index in [0.29, 0.717) is 0 Å². The molecule has 0 radical (unpaired) electrons. The zero-order chi connectivity index (χ0) is 12.1. The number of benzene rings is 2. The molecule has 2 aromatic carbocycles. The molecule has 2 aromatic rings. The summed E-state index contributed by atoms with van der Waals surface area (Å²) in [5.74, 6) is 1.63. The second-order valence-electron chi connectivity index (χ2n) is 3.93. The van der Waals surface area contributed by atoms with Crippen LogP contribution in [-0.4, -0.2) is 6.29 Å². The maximum Gasteiger partial charge on any atom is 0.238 e. The van der Waals surface area contributed by atoms with Crippen LogP contribution in [-0.2, 0) is 0 Å². The van der Waals surface area contributed by atoms with Gasteiger partial charge in [-0.3, -0.25) is 0 Å². The monoisotopic (exact) mass is 228 g/mol. The van der Waals surface area contributed by atoms with Crippen molar-refractivity contribution in [3.8, 4) is 11.5 Å². The standard InChI is InChI=1S/C15H16O2/c1-12-8-10-15(11-9-12)17-13(2)16-14-6-4-3-5-7-14/h3-11,13H,1-2H3. The Labute approximate surface area is 102 Å². The predicted octanol–water partition coefficient (Wildman–Crippen LogP) is 3.80. The van der Waals surface area contributed by atoms with Gasteiger partial charge in [-0.25, -0.2) is 0 Å². The Morgan fingerprint density at radius 3 is 1.88 bits per heavy atom. The maximum atomic E-state index is 5.65. The van der Waals surface area contributed by atoms with Gasteiger partial charge in [0.05, 0.1) is 0 Å². The average Bonchev–Trinajstić information content (AvgIpc) is 2.33. The highest BCUT2D eigenvalue weighted by Gasteiger charge is 2.04. The van der Waals surface area contributed by atoms with Gasteiger partial charge < -0.3 is 9.47 Å². The highest BCUT2D eigenvalue weighted by Crippen LogP contribution is 2.16. The van der Waals surface area contributed by atoms with Crippen molar-refractivity contribution in [1.29, 1.82) is 0 Å². The van der Waals surface area contributed by atoms with Crippen molar-refractivity contribution < 1.29 is 9.47 Å². The Hall–Kier alpha value is -1.96. The summed E-state index contributed by atoms with van der Waals surface area (Å²) < 4.78 is 11.3. The number of hydrogen-bond acceptors (Lipinski definition) is 2. The SMILES string of the molecule is Cc1ccc(OC(C)Oc2ccccc2)cc1. The molecule has 1 atom stereocenters. The minimum Gasteiger partial charge on any atom is -0.455 e. The lowest BCUT2D eigenvalue weighted by molar-refractivity contribution is 0.0223. The lowest BCUT2D eigenvalue weighted by atomic mass is 10.2. The molecule has 0 aliphatic heterocycles. The van der Waals surface area contributed by atoms with Crippen molar-refractivity contribution in [2.24, 2.45) is 0 Å². The summed E-state index contributed by atoms with van der Waals surface area (Å²) >= 11 is 0. The van der Waals surface area contributed by atoms with E-state index < -0.39 is 0 Å². The normalized spacial score (nSPS) is 11.9. The minimum absolute atomic E-state index is 0.305. The van der Waals surface area contributed by atoms with Gasteiger partial charge in [-0.05, 0) is 31.2 Å². The van der Waals surface area contributed by atoms with Crippen LogP contribution in [0.1, 0.15) is 12.5 Å². The molecule has 0 aliphatic carbocycles. The molecule has 0 saturated heterocycles. The van der Waals surface area contributed by atoms with Crippen LogP contribution in [0.4, 0.5) is 0 Å². The average molecular weight is 228 g/mol. The molecule has 0 spiro atoms. The summed E-state index contributed by atoms with van der Waals surface area (Å²) in [6, 6.07) is 17.6. The summed E-state index contributed by atoms with van der Waals surface area (Å²) in [6.45, 7) is 3.93. The molecule has 0 fully saturated rings. The molecule has 1 unspecified atom stereocenters. The van der Waals surface area contributed by atoms with Crippen molar-refractivity contribution in [2.75, 3.05) is 0 Å². The minimum atomic E-state index is -0.305. The third-order valence-corrected chi connectivity index (χ3v) is 2.37.